The van der Waals surface area contributed by atoms with Crippen LogP contribution in [0, 0.1) is 0 Å². The Bertz CT molecular complexity index is 1510. The Hall–Kier alpha value is -4.12. The van der Waals surface area contributed by atoms with Crippen molar-refractivity contribution in [2.24, 2.45) is 0 Å². The van der Waals surface area contributed by atoms with Gasteiger partial charge in [-0.2, -0.15) is 13.2 Å². The maximum absolute atomic E-state index is 13.6. The lowest BCUT2D eigenvalue weighted by atomic mass is 9.95. The van der Waals surface area contributed by atoms with E-state index in [1.54, 1.807) is 57.3 Å². The van der Waals surface area contributed by atoms with E-state index in [0.717, 1.165) is 49.3 Å². The molecule has 0 bridgehead atoms. The van der Waals surface area contributed by atoms with E-state index >= 15 is 0 Å². The van der Waals surface area contributed by atoms with Gasteiger partial charge in [0.05, 0.1) is 23.8 Å². The molecule has 1 aliphatic heterocycles. The van der Waals surface area contributed by atoms with E-state index in [4.69, 9.17) is 9.47 Å². The number of halogens is 3. The Morgan fingerprint density at radius 3 is 2.45 bits per heavy atom. The Kier molecular flexibility index (Phi) is 8.62. The van der Waals surface area contributed by atoms with E-state index in [-0.39, 0.29) is 18.1 Å². The minimum absolute atomic E-state index is 0.0197. The van der Waals surface area contributed by atoms with Gasteiger partial charge in [-0.1, -0.05) is 30.3 Å². The first-order valence-electron chi connectivity index (χ1n) is 14.6. The molecule has 2 aliphatic rings. The molecule has 2 amide bonds. The monoisotopic (exact) mass is 610 g/mol. The number of rotatable bonds is 7. The number of hydrogen-bond donors (Lipinski definition) is 2. The van der Waals surface area contributed by atoms with Crippen LogP contribution in [0.4, 0.5) is 23.7 Å². The molecule has 0 radical (unpaired) electrons. The summed E-state index contributed by atoms with van der Waals surface area (Å²) in [7, 11) is 0. The number of nitrogens with one attached hydrogen (secondary N) is 2. The zero-order chi connectivity index (χ0) is 31.7. The van der Waals surface area contributed by atoms with Crippen LogP contribution in [0.25, 0.3) is 11.1 Å². The first-order chi connectivity index (χ1) is 20.7. The molecule has 1 saturated heterocycles. The minimum Gasteiger partial charge on any atom is -0.444 e. The lowest BCUT2D eigenvalue weighted by molar-refractivity contribution is -0.137. The average Bonchev–Trinajstić information content (AvgIpc) is 3.72. The number of alkyl halides is 3. The topological polar surface area (TPSA) is 92.8 Å². The van der Waals surface area contributed by atoms with Crippen molar-refractivity contribution in [3.05, 3.63) is 83.2 Å². The van der Waals surface area contributed by atoms with Gasteiger partial charge >= 0.3 is 12.3 Å². The fourth-order valence-corrected chi connectivity index (χ4v) is 5.21. The molecule has 1 saturated carbocycles. The van der Waals surface area contributed by atoms with Crippen LogP contribution in [0.15, 0.2) is 60.8 Å². The van der Waals surface area contributed by atoms with Gasteiger partial charge in [0.25, 0.3) is 5.91 Å². The molecular weight excluding hydrogens is 573 g/mol. The molecule has 11 heteroatoms. The fourth-order valence-electron chi connectivity index (χ4n) is 5.21. The smallest absolute Gasteiger partial charge is 0.416 e. The molecule has 44 heavy (non-hydrogen) atoms. The van der Waals surface area contributed by atoms with Crippen LogP contribution in [-0.2, 0) is 22.2 Å². The SMILES string of the molecule is C[C@@H](NC(=O)c1cc(N2CCOC3(CC3)C2)ccn1)c1ccc(-c2cc(C(F)(F)F)ccc2CNC(=O)OC(C)(C)C)cc1. The lowest BCUT2D eigenvalue weighted by Crippen LogP contribution is -2.44. The second-order valence-corrected chi connectivity index (χ2v) is 12.4. The Labute approximate surface area is 254 Å². The number of pyridine rings is 1. The van der Waals surface area contributed by atoms with Crippen LogP contribution in [0.5, 0.6) is 0 Å². The van der Waals surface area contributed by atoms with Crippen LogP contribution < -0.4 is 15.5 Å². The second kappa shape index (κ2) is 12.1. The van der Waals surface area contributed by atoms with E-state index in [9.17, 15) is 22.8 Å². The predicted octanol–water partition coefficient (Wildman–Crippen LogP) is 6.65. The third kappa shape index (κ3) is 7.68. The summed E-state index contributed by atoms with van der Waals surface area (Å²) in [5.74, 6) is -0.328. The van der Waals surface area contributed by atoms with E-state index < -0.39 is 29.5 Å². The molecule has 5 rings (SSSR count). The first-order valence-corrected chi connectivity index (χ1v) is 14.6. The van der Waals surface area contributed by atoms with Crippen LogP contribution in [0.3, 0.4) is 0 Å². The van der Waals surface area contributed by atoms with Crippen molar-refractivity contribution in [1.29, 1.82) is 0 Å². The second-order valence-electron chi connectivity index (χ2n) is 12.4. The summed E-state index contributed by atoms with van der Waals surface area (Å²) < 4.78 is 51.9. The molecular formula is C33H37F3N4O4. The van der Waals surface area contributed by atoms with Crippen LogP contribution in [-0.4, -0.2) is 47.9 Å². The van der Waals surface area contributed by atoms with E-state index in [1.165, 1.54) is 6.07 Å². The number of amides is 2. The van der Waals surface area contributed by atoms with Gasteiger partial charge in [-0.05, 0) is 87.1 Å². The maximum atomic E-state index is 13.6. The number of hydrogen-bond acceptors (Lipinski definition) is 6. The number of anilines is 1. The maximum Gasteiger partial charge on any atom is 0.416 e. The Morgan fingerprint density at radius 1 is 1.07 bits per heavy atom. The number of aromatic nitrogens is 1. The summed E-state index contributed by atoms with van der Waals surface area (Å²) >= 11 is 0. The van der Waals surface area contributed by atoms with Crippen molar-refractivity contribution < 1.29 is 32.2 Å². The molecule has 2 heterocycles. The van der Waals surface area contributed by atoms with Gasteiger partial charge in [0.2, 0.25) is 0 Å². The standard InChI is InChI=1S/C33H37F3N4O4/c1-21(39-29(41)28-18-26(11-14-37-28)40-15-16-43-32(20-40)12-13-32)22-5-7-23(8-6-22)27-17-25(33(34,35)36)10-9-24(27)19-38-30(42)44-31(2,3)4/h5-11,14,17-18,21H,12-13,15-16,19-20H2,1-4H3,(H,38,42)(H,39,41)/t21-/m1/s1. The van der Waals surface area contributed by atoms with E-state index in [1.807, 2.05) is 13.0 Å². The molecule has 8 nitrogen and oxygen atoms in total. The summed E-state index contributed by atoms with van der Waals surface area (Å²) in [6, 6.07) is 13.6. The molecule has 0 unspecified atom stereocenters. The highest BCUT2D eigenvalue weighted by molar-refractivity contribution is 5.93. The molecule has 1 atom stereocenters. The molecule has 1 aliphatic carbocycles. The number of carbonyl (C=O) groups excluding carboxylic acids is 2. The normalized spacial score (nSPS) is 16.8. The van der Waals surface area contributed by atoms with Crippen molar-refractivity contribution in [2.75, 3.05) is 24.6 Å². The van der Waals surface area contributed by atoms with Gasteiger partial charge in [0.1, 0.15) is 11.3 Å². The molecule has 234 valence electrons. The largest absolute Gasteiger partial charge is 0.444 e. The third-order valence-corrected chi connectivity index (χ3v) is 7.73. The Morgan fingerprint density at radius 2 is 1.80 bits per heavy atom. The molecule has 2 fully saturated rings. The van der Waals surface area contributed by atoms with Crippen molar-refractivity contribution in [3.63, 3.8) is 0 Å². The molecule has 1 spiro atoms. The third-order valence-electron chi connectivity index (χ3n) is 7.73. The van der Waals surface area contributed by atoms with Crippen LogP contribution in [0.1, 0.15) is 73.8 Å². The zero-order valence-electron chi connectivity index (χ0n) is 25.3. The van der Waals surface area contributed by atoms with Crippen molar-refractivity contribution >= 4 is 17.7 Å². The van der Waals surface area contributed by atoms with Crippen molar-refractivity contribution in [2.45, 2.75) is 70.5 Å². The Balaban J connectivity index is 1.29. The number of nitrogens with zero attached hydrogens (tertiary/aromatic N) is 2. The lowest BCUT2D eigenvalue weighted by Gasteiger charge is -2.34. The molecule has 2 aromatic carbocycles. The van der Waals surface area contributed by atoms with Gasteiger partial charge in [-0.25, -0.2) is 4.79 Å². The van der Waals surface area contributed by atoms with Crippen molar-refractivity contribution in [1.82, 2.24) is 15.6 Å². The van der Waals surface area contributed by atoms with Gasteiger partial charge < -0.3 is 25.0 Å². The summed E-state index contributed by atoms with van der Waals surface area (Å²) in [5, 5.41) is 5.58. The highest BCUT2D eigenvalue weighted by Gasteiger charge is 2.47. The van der Waals surface area contributed by atoms with Gasteiger partial charge in [-0.15, -0.1) is 0 Å². The highest BCUT2D eigenvalue weighted by Crippen LogP contribution is 2.43. The average molecular weight is 611 g/mol. The van der Waals surface area contributed by atoms with E-state index in [2.05, 4.69) is 20.5 Å². The molecule has 3 aromatic rings. The van der Waals surface area contributed by atoms with Crippen LogP contribution >= 0.6 is 0 Å². The quantitative estimate of drug-likeness (QED) is 0.311. The summed E-state index contributed by atoms with van der Waals surface area (Å²) in [6.45, 7) is 9.18. The molecule has 1 aromatic heterocycles. The first kappa shape index (κ1) is 31.3. The zero-order valence-corrected chi connectivity index (χ0v) is 25.3. The molecule has 2 N–H and O–H groups in total. The number of ether oxygens (including phenoxy) is 2. The summed E-state index contributed by atoms with van der Waals surface area (Å²) in [6.07, 6.45) is -1.47. The summed E-state index contributed by atoms with van der Waals surface area (Å²) in [4.78, 5) is 31.8. The van der Waals surface area contributed by atoms with Gasteiger partial charge in [-0.3, -0.25) is 9.78 Å². The van der Waals surface area contributed by atoms with Gasteiger partial charge in [0, 0.05) is 31.5 Å². The highest BCUT2D eigenvalue weighted by atomic mass is 19.4. The fraction of sp³-hybridized carbons (Fsp3) is 0.424. The van der Waals surface area contributed by atoms with Crippen molar-refractivity contribution in [3.8, 4) is 11.1 Å². The minimum atomic E-state index is -4.53. The van der Waals surface area contributed by atoms with Crippen LogP contribution in [0.2, 0.25) is 0 Å². The number of carbonyl (C=O) groups is 2. The summed E-state index contributed by atoms with van der Waals surface area (Å²) in [5.41, 5.74) is 1.80. The van der Waals surface area contributed by atoms with E-state index in [0.29, 0.717) is 29.0 Å². The van der Waals surface area contributed by atoms with Gasteiger partial charge in [0.15, 0.2) is 0 Å². The number of alkyl carbamates (subject to hydrolysis) is 1. The number of morpholine rings is 1. The number of benzene rings is 2. The predicted molar refractivity (Wildman–Crippen MR) is 160 cm³/mol.